The zero-order valence-corrected chi connectivity index (χ0v) is 10.2. The average Bonchev–Trinajstić information content (AvgIpc) is 2.25. The molecule has 94 valence electrons. The summed E-state index contributed by atoms with van der Waals surface area (Å²) in [4.78, 5) is 24.6. The van der Waals surface area contributed by atoms with Gasteiger partial charge in [-0.1, -0.05) is 0 Å². The number of ether oxygens (including phenoxy) is 1. The van der Waals surface area contributed by atoms with Crippen molar-refractivity contribution in [3.8, 4) is 0 Å². The molecule has 3 N–H and O–H groups in total. The number of nitrogens with zero attached hydrogens (tertiary/aromatic N) is 1. The van der Waals surface area contributed by atoms with E-state index >= 15 is 0 Å². The fourth-order valence-corrected chi connectivity index (χ4v) is 1.18. The number of rotatable bonds is 6. The number of hydrogen-bond acceptors (Lipinski definition) is 4. The lowest BCUT2D eigenvalue weighted by molar-refractivity contribution is -0.147. The predicted octanol–water partition coefficient (Wildman–Crippen LogP) is -1.06. The van der Waals surface area contributed by atoms with Crippen LogP contribution >= 0.6 is 0 Å². The minimum Gasteiger partial charge on any atom is -0.383 e. The first-order valence-corrected chi connectivity index (χ1v) is 5.32. The third-order valence-electron chi connectivity index (χ3n) is 2.04. The second-order valence-corrected chi connectivity index (χ2v) is 3.63. The van der Waals surface area contributed by atoms with Gasteiger partial charge in [-0.05, 0) is 13.8 Å². The van der Waals surface area contributed by atoms with E-state index in [0.29, 0.717) is 26.2 Å². The standard InChI is InChI=1S/C10H21N3O3/c1-8(2)13(6-7-16-3)10(15)9(14)12-5-4-11/h8H,4-7,11H2,1-3H3,(H,12,14). The van der Waals surface area contributed by atoms with Gasteiger partial charge in [-0.15, -0.1) is 0 Å². The molecule has 0 aromatic carbocycles. The van der Waals surface area contributed by atoms with Gasteiger partial charge in [0.15, 0.2) is 0 Å². The summed E-state index contributed by atoms with van der Waals surface area (Å²) >= 11 is 0. The SMILES string of the molecule is COCCN(C(=O)C(=O)NCCN)C(C)C. The van der Waals surface area contributed by atoms with Gasteiger partial charge >= 0.3 is 11.8 Å². The summed E-state index contributed by atoms with van der Waals surface area (Å²) in [5.41, 5.74) is 5.23. The maximum absolute atomic E-state index is 11.7. The van der Waals surface area contributed by atoms with Gasteiger partial charge in [-0.25, -0.2) is 0 Å². The van der Waals surface area contributed by atoms with Gasteiger partial charge in [0, 0.05) is 32.8 Å². The molecule has 0 saturated heterocycles. The van der Waals surface area contributed by atoms with Crippen LogP contribution in [0.2, 0.25) is 0 Å². The van der Waals surface area contributed by atoms with Crippen molar-refractivity contribution >= 4 is 11.8 Å². The maximum Gasteiger partial charge on any atom is 0.312 e. The van der Waals surface area contributed by atoms with Crippen molar-refractivity contribution in [1.29, 1.82) is 0 Å². The van der Waals surface area contributed by atoms with Crippen molar-refractivity contribution in [2.24, 2.45) is 5.73 Å². The molecule has 0 fully saturated rings. The average molecular weight is 231 g/mol. The highest BCUT2D eigenvalue weighted by Gasteiger charge is 2.23. The van der Waals surface area contributed by atoms with Crippen LogP contribution in [0.3, 0.4) is 0 Å². The Kier molecular flexibility index (Phi) is 7.49. The second-order valence-electron chi connectivity index (χ2n) is 3.63. The molecule has 0 aliphatic carbocycles. The normalized spacial score (nSPS) is 10.3. The van der Waals surface area contributed by atoms with Gasteiger partial charge in [-0.2, -0.15) is 0 Å². The van der Waals surface area contributed by atoms with E-state index in [-0.39, 0.29) is 6.04 Å². The minimum absolute atomic E-state index is 0.0359. The summed E-state index contributed by atoms with van der Waals surface area (Å²) < 4.78 is 4.89. The molecule has 0 radical (unpaired) electrons. The van der Waals surface area contributed by atoms with E-state index in [0.717, 1.165) is 0 Å². The summed E-state index contributed by atoms with van der Waals surface area (Å²) in [5, 5.41) is 2.45. The van der Waals surface area contributed by atoms with E-state index in [2.05, 4.69) is 5.32 Å². The highest BCUT2D eigenvalue weighted by molar-refractivity contribution is 6.35. The lowest BCUT2D eigenvalue weighted by atomic mass is 10.3. The van der Waals surface area contributed by atoms with Crippen molar-refractivity contribution in [3.05, 3.63) is 0 Å². The van der Waals surface area contributed by atoms with Crippen LogP contribution in [0, 0.1) is 0 Å². The Balaban J connectivity index is 4.30. The Morgan fingerprint density at radius 1 is 1.44 bits per heavy atom. The van der Waals surface area contributed by atoms with E-state index in [1.165, 1.54) is 4.90 Å². The summed E-state index contributed by atoms with van der Waals surface area (Å²) in [6.45, 7) is 5.14. The lowest BCUT2D eigenvalue weighted by Crippen LogP contribution is -2.48. The highest BCUT2D eigenvalue weighted by atomic mass is 16.5. The molecule has 0 aromatic heterocycles. The molecule has 16 heavy (non-hydrogen) atoms. The molecule has 0 aromatic rings. The van der Waals surface area contributed by atoms with E-state index in [1.807, 2.05) is 13.8 Å². The topological polar surface area (TPSA) is 84.7 Å². The monoisotopic (exact) mass is 231 g/mol. The molecule has 0 bridgehead atoms. The van der Waals surface area contributed by atoms with Gasteiger partial charge in [0.25, 0.3) is 0 Å². The third kappa shape index (κ3) is 5.09. The van der Waals surface area contributed by atoms with Gasteiger partial charge in [0.2, 0.25) is 0 Å². The Morgan fingerprint density at radius 3 is 2.50 bits per heavy atom. The first-order chi connectivity index (χ1) is 7.54. The molecule has 0 rings (SSSR count). The largest absolute Gasteiger partial charge is 0.383 e. The molecule has 2 amide bonds. The molecule has 0 spiro atoms. The van der Waals surface area contributed by atoms with Crippen LogP contribution in [0.15, 0.2) is 0 Å². The smallest absolute Gasteiger partial charge is 0.312 e. The van der Waals surface area contributed by atoms with Crippen molar-refractivity contribution in [2.75, 3.05) is 33.4 Å². The van der Waals surface area contributed by atoms with Gasteiger partial charge in [0.05, 0.1) is 6.61 Å². The Bertz CT molecular complexity index is 231. The van der Waals surface area contributed by atoms with Crippen LogP contribution in [-0.4, -0.2) is 56.1 Å². The minimum atomic E-state index is -0.616. The van der Waals surface area contributed by atoms with Crippen LogP contribution in [0.4, 0.5) is 0 Å². The number of carbonyl (C=O) groups is 2. The number of nitrogens with two attached hydrogens (primary N) is 1. The van der Waals surface area contributed by atoms with E-state index in [1.54, 1.807) is 7.11 Å². The third-order valence-corrected chi connectivity index (χ3v) is 2.04. The Morgan fingerprint density at radius 2 is 2.06 bits per heavy atom. The maximum atomic E-state index is 11.7. The molecule has 6 nitrogen and oxygen atoms in total. The second kappa shape index (κ2) is 8.06. The zero-order valence-electron chi connectivity index (χ0n) is 10.2. The molecule has 0 heterocycles. The molecule has 0 atom stereocenters. The van der Waals surface area contributed by atoms with Crippen molar-refractivity contribution in [1.82, 2.24) is 10.2 Å². The lowest BCUT2D eigenvalue weighted by Gasteiger charge is -2.25. The molecule has 0 unspecified atom stereocenters. The highest BCUT2D eigenvalue weighted by Crippen LogP contribution is 1.98. The molecule has 0 aliphatic rings. The van der Waals surface area contributed by atoms with E-state index in [4.69, 9.17) is 10.5 Å². The van der Waals surface area contributed by atoms with E-state index < -0.39 is 11.8 Å². The number of methoxy groups -OCH3 is 1. The van der Waals surface area contributed by atoms with Gasteiger partial charge in [-0.3, -0.25) is 9.59 Å². The number of nitrogens with one attached hydrogen (secondary N) is 1. The van der Waals surface area contributed by atoms with Crippen LogP contribution in [0.25, 0.3) is 0 Å². The molecule has 0 aliphatic heterocycles. The van der Waals surface area contributed by atoms with Crippen LogP contribution in [0.5, 0.6) is 0 Å². The zero-order chi connectivity index (χ0) is 12.6. The van der Waals surface area contributed by atoms with Crippen molar-refractivity contribution in [3.63, 3.8) is 0 Å². The number of amides is 2. The first-order valence-electron chi connectivity index (χ1n) is 5.32. The van der Waals surface area contributed by atoms with E-state index in [9.17, 15) is 9.59 Å². The van der Waals surface area contributed by atoms with Crippen LogP contribution in [0.1, 0.15) is 13.8 Å². The molecular weight excluding hydrogens is 210 g/mol. The fraction of sp³-hybridized carbons (Fsp3) is 0.800. The van der Waals surface area contributed by atoms with Crippen molar-refractivity contribution < 1.29 is 14.3 Å². The number of carbonyl (C=O) groups excluding carboxylic acids is 2. The van der Waals surface area contributed by atoms with Gasteiger partial charge in [0.1, 0.15) is 0 Å². The fourth-order valence-electron chi connectivity index (χ4n) is 1.18. The Labute approximate surface area is 96.1 Å². The summed E-state index contributed by atoms with van der Waals surface area (Å²) in [5.74, 6) is -1.16. The number of hydrogen-bond donors (Lipinski definition) is 2. The molecule has 0 saturated carbocycles. The van der Waals surface area contributed by atoms with Gasteiger partial charge < -0.3 is 20.7 Å². The Hall–Kier alpha value is -1.14. The quantitative estimate of drug-likeness (QED) is 0.571. The van der Waals surface area contributed by atoms with Crippen LogP contribution < -0.4 is 11.1 Å². The first kappa shape index (κ1) is 14.9. The summed E-state index contributed by atoms with van der Waals surface area (Å²) in [6.07, 6.45) is 0. The van der Waals surface area contributed by atoms with Crippen molar-refractivity contribution in [2.45, 2.75) is 19.9 Å². The molecular formula is C10H21N3O3. The summed E-state index contributed by atoms with van der Waals surface area (Å²) in [6, 6.07) is -0.0359. The predicted molar refractivity (Wildman–Crippen MR) is 60.8 cm³/mol. The van der Waals surface area contributed by atoms with Crippen LogP contribution in [-0.2, 0) is 14.3 Å². The summed E-state index contributed by atoms with van der Waals surface area (Å²) in [7, 11) is 1.55. The molecule has 6 heteroatoms.